The van der Waals surface area contributed by atoms with Crippen LogP contribution < -0.4 is 5.32 Å². The maximum atomic E-state index is 14.3. The molecule has 0 spiro atoms. The number of nitrogens with zero attached hydrogens (tertiary/aromatic N) is 2. The third-order valence-corrected chi connectivity index (χ3v) is 6.88. The van der Waals surface area contributed by atoms with Crippen molar-refractivity contribution in [3.63, 3.8) is 0 Å². The van der Waals surface area contributed by atoms with Gasteiger partial charge in [0.2, 0.25) is 0 Å². The van der Waals surface area contributed by atoms with Gasteiger partial charge in [0.05, 0.1) is 37.3 Å². The second-order valence-electron chi connectivity index (χ2n) is 9.80. The second-order valence-corrected chi connectivity index (χ2v) is 9.80. The van der Waals surface area contributed by atoms with Gasteiger partial charge in [-0.25, -0.2) is 9.37 Å². The van der Waals surface area contributed by atoms with E-state index in [2.05, 4.69) is 10.3 Å². The van der Waals surface area contributed by atoms with E-state index in [9.17, 15) is 32.6 Å². The molecule has 1 aliphatic rings. The minimum absolute atomic E-state index is 0.192. The topological polar surface area (TPSA) is 106 Å². The standard InChI is InChI=1S/C28H31F4N3O5/c29-22-8-2-1-6-20(22)17-40-27(26(38)34-9-4-11-35-12-10-33-18-35)14-23(36)25(37)24(15-27)39-16-19-5-3-7-21(13-19)28(30,31)32/h1-3,5-8,10,12-13,18,23-25,36-37H,4,9,11,14-17H2,(H,34,38)/t23-,24?,25-,27+/m1/s1. The molecule has 2 aromatic carbocycles. The van der Waals surface area contributed by atoms with Crippen molar-refractivity contribution in [1.29, 1.82) is 0 Å². The van der Waals surface area contributed by atoms with Crippen LogP contribution in [0.3, 0.4) is 0 Å². The first-order chi connectivity index (χ1) is 19.1. The van der Waals surface area contributed by atoms with Crippen LogP contribution in [0.2, 0.25) is 0 Å². The molecule has 4 atom stereocenters. The molecular weight excluding hydrogens is 534 g/mol. The van der Waals surface area contributed by atoms with Crippen LogP contribution in [0.4, 0.5) is 17.6 Å². The maximum Gasteiger partial charge on any atom is 0.416 e. The maximum absolute atomic E-state index is 14.3. The lowest BCUT2D eigenvalue weighted by atomic mass is 9.78. The molecule has 1 aliphatic carbocycles. The van der Waals surface area contributed by atoms with Crippen molar-refractivity contribution in [2.75, 3.05) is 6.54 Å². The molecule has 3 N–H and O–H groups in total. The van der Waals surface area contributed by atoms with Crippen molar-refractivity contribution in [2.45, 2.75) is 69.1 Å². The number of hydrogen-bond donors (Lipinski definition) is 3. The number of carbonyl (C=O) groups is 1. The molecule has 40 heavy (non-hydrogen) atoms. The summed E-state index contributed by atoms with van der Waals surface area (Å²) in [4.78, 5) is 17.5. The Kier molecular flexibility index (Phi) is 9.56. The molecule has 3 aromatic rings. The van der Waals surface area contributed by atoms with E-state index in [0.29, 0.717) is 13.0 Å². The number of carbonyl (C=O) groups excluding carboxylic acids is 1. The Morgan fingerprint density at radius 2 is 1.93 bits per heavy atom. The van der Waals surface area contributed by atoms with Gasteiger partial charge in [0.25, 0.3) is 5.91 Å². The number of rotatable bonds is 11. The molecule has 4 rings (SSSR count). The normalized spacial score (nSPS) is 23.2. The minimum Gasteiger partial charge on any atom is -0.390 e. The van der Waals surface area contributed by atoms with Gasteiger partial charge < -0.3 is 29.6 Å². The molecule has 1 saturated carbocycles. The Balaban J connectivity index is 1.49. The van der Waals surface area contributed by atoms with E-state index in [1.807, 2.05) is 4.57 Å². The summed E-state index contributed by atoms with van der Waals surface area (Å²) in [5.41, 5.74) is -2.16. The third-order valence-electron chi connectivity index (χ3n) is 6.88. The minimum atomic E-state index is -4.54. The van der Waals surface area contributed by atoms with E-state index in [-0.39, 0.29) is 43.7 Å². The number of aliphatic hydroxyl groups is 2. The zero-order chi connectivity index (χ0) is 28.8. The van der Waals surface area contributed by atoms with Gasteiger partial charge in [-0.3, -0.25) is 4.79 Å². The Hall–Kier alpha value is -3.32. The van der Waals surface area contributed by atoms with Crippen LogP contribution in [0.15, 0.2) is 67.3 Å². The van der Waals surface area contributed by atoms with Gasteiger partial charge in [0.1, 0.15) is 11.9 Å². The molecule has 1 unspecified atom stereocenters. The van der Waals surface area contributed by atoms with Crippen molar-refractivity contribution in [3.8, 4) is 0 Å². The molecule has 1 aromatic heterocycles. The Morgan fingerprint density at radius 3 is 2.65 bits per heavy atom. The van der Waals surface area contributed by atoms with E-state index < -0.39 is 47.4 Å². The van der Waals surface area contributed by atoms with Gasteiger partial charge in [0, 0.05) is 43.9 Å². The number of halogens is 4. The van der Waals surface area contributed by atoms with Crippen LogP contribution in [0.25, 0.3) is 0 Å². The van der Waals surface area contributed by atoms with Gasteiger partial charge in [-0.05, 0) is 30.2 Å². The summed E-state index contributed by atoms with van der Waals surface area (Å²) >= 11 is 0. The highest BCUT2D eigenvalue weighted by Crippen LogP contribution is 2.36. The number of aryl methyl sites for hydroxylation is 1. The first-order valence-corrected chi connectivity index (χ1v) is 12.8. The number of nitrogens with one attached hydrogen (secondary N) is 1. The summed E-state index contributed by atoms with van der Waals surface area (Å²) in [6, 6.07) is 10.4. The molecule has 0 saturated heterocycles. The molecule has 8 nitrogen and oxygen atoms in total. The van der Waals surface area contributed by atoms with Crippen molar-refractivity contribution in [3.05, 3.63) is 89.8 Å². The first-order valence-electron chi connectivity index (χ1n) is 12.8. The molecule has 0 aliphatic heterocycles. The lowest BCUT2D eigenvalue weighted by Crippen LogP contribution is -2.60. The highest BCUT2D eigenvalue weighted by Gasteiger charge is 2.51. The number of benzene rings is 2. The van der Waals surface area contributed by atoms with Gasteiger partial charge in [-0.1, -0.05) is 30.3 Å². The average Bonchev–Trinajstić information content (AvgIpc) is 3.45. The highest BCUT2D eigenvalue weighted by molar-refractivity contribution is 5.85. The number of amides is 1. The second kappa shape index (κ2) is 12.9. The zero-order valence-electron chi connectivity index (χ0n) is 21.6. The molecule has 1 amide bonds. The van der Waals surface area contributed by atoms with Gasteiger partial charge in [0.15, 0.2) is 5.60 Å². The van der Waals surface area contributed by atoms with E-state index in [1.54, 1.807) is 24.8 Å². The predicted molar refractivity (Wildman–Crippen MR) is 135 cm³/mol. The number of hydrogen-bond acceptors (Lipinski definition) is 6. The summed E-state index contributed by atoms with van der Waals surface area (Å²) in [6.45, 7) is 0.246. The van der Waals surface area contributed by atoms with Crippen molar-refractivity contribution < 1.29 is 42.0 Å². The fraction of sp³-hybridized carbons (Fsp3) is 0.429. The van der Waals surface area contributed by atoms with Crippen molar-refractivity contribution >= 4 is 5.91 Å². The molecule has 12 heteroatoms. The fourth-order valence-electron chi connectivity index (χ4n) is 4.68. The SMILES string of the molecule is O=C(NCCCn1ccnc1)[C@@]1(OCc2ccccc2F)CC(OCc2cccc(C(F)(F)F)c2)[C@H](O)[C@H](O)C1. The number of ether oxygens (including phenoxy) is 2. The van der Waals surface area contributed by atoms with Gasteiger partial charge in [-0.15, -0.1) is 0 Å². The fourth-order valence-corrected chi connectivity index (χ4v) is 4.68. The molecular formula is C28H31F4N3O5. The zero-order valence-corrected chi connectivity index (χ0v) is 21.6. The van der Waals surface area contributed by atoms with Crippen LogP contribution >= 0.6 is 0 Å². The van der Waals surface area contributed by atoms with Crippen LogP contribution in [0.1, 0.15) is 36.0 Å². The quantitative estimate of drug-likeness (QED) is 0.242. The van der Waals surface area contributed by atoms with Crippen molar-refractivity contribution in [2.24, 2.45) is 0 Å². The monoisotopic (exact) mass is 565 g/mol. The molecule has 0 bridgehead atoms. The number of aliphatic hydroxyl groups excluding tert-OH is 2. The smallest absolute Gasteiger partial charge is 0.390 e. The molecule has 216 valence electrons. The lowest BCUT2D eigenvalue weighted by Gasteiger charge is -2.44. The van der Waals surface area contributed by atoms with Crippen LogP contribution in [-0.2, 0) is 40.2 Å². The Morgan fingerprint density at radius 1 is 1.12 bits per heavy atom. The van der Waals surface area contributed by atoms with E-state index in [1.165, 1.54) is 30.3 Å². The molecule has 1 heterocycles. The van der Waals surface area contributed by atoms with Gasteiger partial charge >= 0.3 is 6.18 Å². The first kappa shape index (κ1) is 29.7. The Labute approximate surface area is 228 Å². The third kappa shape index (κ3) is 7.45. The van der Waals surface area contributed by atoms with E-state index >= 15 is 0 Å². The van der Waals surface area contributed by atoms with Crippen LogP contribution in [0, 0.1) is 5.82 Å². The highest BCUT2D eigenvalue weighted by atomic mass is 19.4. The average molecular weight is 566 g/mol. The number of imidazole rings is 1. The molecule has 0 radical (unpaired) electrons. The largest absolute Gasteiger partial charge is 0.416 e. The summed E-state index contributed by atoms with van der Waals surface area (Å²) in [5, 5.41) is 24.2. The summed E-state index contributed by atoms with van der Waals surface area (Å²) in [7, 11) is 0. The number of alkyl halides is 3. The van der Waals surface area contributed by atoms with E-state index in [4.69, 9.17) is 9.47 Å². The summed E-state index contributed by atoms with van der Waals surface area (Å²) < 4.78 is 67.3. The van der Waals surface area contributed by atoms with Gasteiger partial charge in [-0.2, -0.15) is 13.2 Å². The molecule has 1 fully saturated rings. The van der Waals surface area contributed by atoms with Crippen LogP contribution in [-0.4, -0.2) is 56.1 Å². The van der Waals surface area contributed by atoms with E-state index in [0.717, 1.165) is 12.1 Å². The Bertz CT molecular complexity index is 1260. The summed E-state index contributed by atoms with van der Waals surface area (Å²) in [6.07, 6.45) is -3.45. The summed E-state index contributed by atoms with van der Waals surface area (Å²) in [5.74, 6) is -1.11. The number of aromatic nitrogens is 2. The van der Waals surface area contributed by atoms with Crippen LogP contribution in [0.5, 0.6) is 0 Å². The van der Waals surface area contributed by atoms with Crippen molar-refractivity contribution in [1.82, 2.24) is 14.9 Å². The predicted octanol–water partition coefficient (Wildman–Crippen LogP) is 3.60. The lowest BCUT2D eigenvalue weighted by molar-refractivity contribution is -0.200.